The number of carbonyl (C=O) groups is 1. The maximum absolute atomic E-state index is 11.8. The van der Waals surface area contributed by atoms with Crippen LogP contribution in [0.4, 0.5) is 0 Å². The van der Waals surface area contributed by atoms with Gasteiger partial charge in [0.1, 0.15) is 12.4 Å². The molecule has 0 saturated heterocycles. The van der Waals surface area contributed by atoms with Gasteiger partial charge in [-0.3, -0.25) is 4.79 Å². The van der Waals surface area contributed by atoms with Gasteiger partial charge >= 0.3 is 5.97 Å². The second-order valence-electron chi connectivity index (χ2n) is 5.26. The van der Waals surface area contributed by atoms with Gasteiger partial charge in [-0.05, 0) is 24.6 Å². The number of ether oxygens (including phenoxy) is 3. The molecule has 0 aromatic heterocycles. The lowest BCUT2D eigenvalue weighted by molar-refractivity contribution is -0.153. The smallest absolute Gasteiger partial charge is 0.306 e. The van der Waals surface area contributed by atoms with Crippen molar-refractivity contribution in [3.63, 3.8) is 0 Å². The molecule has 1 unspecified atom stereocenters. The number of carbonyl (C=O) groups excluding carboxylic acids is 1. The average molecular weight is 363 g/mol. The van der Waals surface area contributed by atoms with Gasteiger partial charge in [-0.2, -0.15) is 0 Å². The fourth-order valence-corrected chi connectivity index (χ4v) is 2.48. The summed E-state index contributed by atoms with van der Waals surface area (Å²) in [6, 6.07) is 4.97. The van der Waals surface area contributed by atoms with Crippen molar-refractivity contribution in [2.24, 2.45) is 0 Å². The first-order valence-corrected chi connectivity index (χ1v) is 8.58. The van der Waals surface area contributed by atoms with E-state index in [4.69, 9.17) is 37.4 Å². The van der Waals surface area contributed by atoms with Crippen molar-refractivity contribution in [3.05, 3.63) is 28.2 Å². The third-order valence-electron chi connectivity index (χ3n) is 3.20. The van der Waals surface area contributed by atoms with Gasteiger partial charge in [0.15, 0.2) is 6.10 Å². The number of benzene rings is 1. The van der Waals surface area contributed by atoms with Gasteiger partial charge in [-0.15, -0.1) is 0 Å². The summed E-state index contributed by atoms with van der Waals surface area (Å²) >= 11 is 11.9. The number of halogens is 2. The van der Waals surface area contributed by atoms with Crippen molar-refractivity contribution < 1.29 is 19.0 Å². The van der Waals surface area contributed by atoms with Crippen LogP contribution in [0.2, 0.25) is 10.0 Å². The molecule has 0 aliphatic carbocycles. The number of esters is 1. The zero-order valence-corrected chi connectivity index (χ0v) is 15.2. The van der Waals surface area contributed by atoms with Crippen LogP contribution in [0.15, 0.2) is 18.2 Å². The first-order chi connectivity index (χ1) is 11.1. The predicted molar refractivity (Wildman–Crippen MR) is 92.5 cm³/mol. The SMILES string of the molecule is CCCCCCC(=O)OC(COC)COc1ccc(Cl)cc1Cl. The summed E-state index contributed by atoms with van der Waals surface area (Å²) in [5, 5.41) is 0.953. The first kappa shape index (κ1) is 20.1. The molecule has 130 valence electrons. The van der Waals surface area contributed by atoms with Crippen molar-refractivity contribution in [2.45, 2.75) is 45.1 Å². The van der Waals surface area contributed by atoms with Gasteiger partial charge in [0, 0.05) is 18.6 Å². The van der Waals surface area contributed by atoms with Crippen LogP contribution < -0.4 is 4.74 Å². The van der Waals surface area contributed by atoms with Crippen LogP contribution in [0.1, 0.15) is 39.0 Å². The summed E-state index contributed by atoms with van der Waals surface area (Å²) in [6.07, 6.45) is 4.10. The molecule has 0 fully saturated rings. The van der Waals surface area contributed by atoms with E-state index in [-0.39, 0.29) is 19.2 Å². The molecule has 0 spiro atoms. The third kappa shape index (κ3) is 8.45. The average Bonchev–Trinajstić information content (AvgIpc) is 2.51. The molecule has 0 heterocycles. The minimum absolute atomic E-state index is 0.176. The minimum Gasteiger partial charge on any atom is -0.488 e. The molecule has 0 radical (unpaired) electrons. The van der Waals surface area contributed by atoms with Gasteiger partial charge in [0.25, 0.3) is 0 Å². The van der Waals surface area contributed by atoms with Crippen LogP contribution in [0.3, 0.4) is 0 Å². The van der Waals surface area contributed by atoms with E-state index in [9.17, 15) is 4.79 Å². The quantitative estimate of drug-likeness (QED) is 0.414. The molecule has 4 nitrogen and oxygen atoms in total. The lowest BCUT2D eigenvalue weighted by Gasteiger charge is -2.18. The standard InChI is InChI=1S/C17H24Cl2O4/c1-3-4-5-6-7-17(20)23-14(11-21-2)12-22-16-9-8-13(18)10-15(16)19/h8-10,14H,3-7,11-12H2,1-2H3. The molecule has 1 aromatic carbocycles. The maximum atomic E-state index is 11.8. The molecule has 0 N–H and O–H groups in total. The van der Waals surface area contributed by atoms with E-state index in [0.29, 0.717) is 22.2 Å². The van der Waals surface area contributed by atoms with Crippen LogP contribution >= 0.6 is 23.2 Å². The van der Waals surface area contributed by atoms with Gasteiger partial charge < -0.3 is 14.2 Å². The summed E-state index contributed by atoms with van der Waals surface area (Å²) in [7, 11) is 1.55. The molecule has 0 amide bonds. The van der Waals surface area contributed by atoms with Gasteiger partial charge in [-0.25, -0.2) is 0 Å². The Kier molecular flexibility index (Phi) is 10.1. The Balaban J connectivity index is 2.43. The van der Waals surface area contributed by atoms with E-state index in [0.717, 1.165) is 25.7 Å². The van der Waals surface area contributed by atoms with Crippen LogP contribution in [0, 0.1) is 0 Å². The summed E-state index contributed by atoms with van der Waals surface area (Å²) in [5.74, 6) is 0.269. The second kappa shape index (κ2) is 11.5. The van der Waals surface area contributed by atoms with Crippen molar-refractivity contribution in [1.82, 2.24) is 0 Å². The van der Waals surface area contributed by atoms with Crippen molar-refractivity contribution in [3.8, 4) is 5.75 Å². The molecule has 0 saturated carbocycles. The molecule has 1 atom stereocenters. The van der Waals surface area contributed by atoms with Crippen LogP contribution in [-0.2, 0) is 14.3 Å². The Labute approximate surface area is 148 Å². The number of rotatable bonds is 11. The minimum atomic E-state index is -0.467. The van der Waals surface area contributed by atoms with Crippen molar-refractivity contribution >= 4 is 29.2 Å². The molecule has 0 aliphatic heterocycles. The summed E-state index contributed by atoms with van der Waals surface area (Å²) in [4.78, 5) is 11.8. The van der Waals surface area contributed by atoms with Gasteiger partial charge in [0.05, 0.1) is 11.6 Å². The Morgan fingerprint density at radius 3 is 2.61 bits per heavy atom. The molecule has 6 heteroatoms. The highest BCUT2D eigenvalue weighted by Gasteiger charge is 2.16. The topological polar surface area (TPSA) is 44.8 Å². The van der Waals surface area contributed by atoms with E-state index in [1.807, 2.05) is 0 Å². The highest BCUT2D eigenvalue weighted by Crippen LogP contribution is 2.27. The normalized spacial score (nSPS) is 12.0. The summed E-state index contributed by atoms with van der Waals surface area (Å²) in [6.45, 7) is 2.58. The van der Waals surface area contributed by atoms with Crippen LogP contribution in [0.25, 0.3) is 0 Å². The lowest BCUT2D eigenvalue weighted by Crippen LogP contribution is -2.29. The lowest BCUT2D eigenvalue weighted by atomic mass is 10.1. The molecule has 1 aromatic rings. The predicted octanol–water partition coefficient (Wildman–Crippen LogP) is 4.90. The Morgan fingerprint density at radius 2 is 1.96 bits per heavy atom. The summed E-state index contributed by atoms with van der Waals surface area (Å²) in [5.41, 5.74) is 0. The zero-order valence-electron chi connectivity index (χ0n) is 13.6. The van der Waals surface area contributed by atoms with Crippen molar-refractivity contribution in [2.75, 3.05) is 20.3 Å². The number of hydrogen-bond acceptors (Lipinski definition) is 4. The molecule has 23 heavy (non-hydrogen) atoms. The first-order valence-electron chi connectivity index (χ1n) is 7.83. The van der Waals surface area contributed by atoms with Crippen LogP contribution in [-0.4, -0.2) is 32.4 Å². The van der Waals surface area contributed by atoms with E-state index in [1.165, 1.54) is 0 Å². The summed E-state index contributed by atoms with van der Waals surface area (Å²) < 4.78 is 16.1. The fraction of sp³-hybridized carbons (Fsp3) is 0.588. The largest absolute Gasteiger partial charge is 0.488 e. The maximum Gasteiger partial charge on any atom is 0.306 e. The second-order valence-corrected chi connectivity index (χ2v) is 6.11. The molecule has 1 rings (SSSR count). The molecule has 0 bridgehead atoms. The van der Waals surface area contributed by atoms with E-state index in [1.54, 1.807) is 25.3 Å². The zero-order chi connectivity index (χ0) is 17.1. The van der Waals surface area contributed by atoms with Crippen molar-refractivity contribution in [1.29, 1.82) is 0 Å². The molecule has 0 aliphatic rings. The van der Waals surface area contributed by atoms with Crippen LogP contribution in [0.5, 0.6) is 5.75 Å². The molecular weight excluding hydrogens is 339 g/mol. The monoisotopic (exact) mass is 362 g/mol. The molecular formula is C17H24Cl2O4. The number of hydrogen-bond donors (Lipinski definition) is 0. The highest BCUT2D eigenvalue weighted by atomic mass is 35.5. The fourth-order valence-electron chi connectivity index (χ4n) is 2.02. The van der Waals surface area contributed by atoms with E-state index >= 15 is 0 Å². The Bertz CT molecular complexity index is 480. The third-order valence-corrected chi connectivity index (χ3v) is 3.73. The van der Waals surface area contributed by atoms with Gasteiger partial charge in [0.2, 0.25) is 0 Å². The Hall–Kier alpha value is -0.970. The number of unbranched alkanes of at least 4 members (excludes halogenated alkanes) is 3. The van der Waals surface area contributed by atoms with E-state index < -0.39 is 6.10 Å². The number of methoxy groups -OCH3 is 1. The highest BCUT2D eigenvalue weighted by molar-refractivity contribution is 6.35. The van der Waals surface area contributed by atoms with Gasteiger partial charge in [-0.1, -0.05) is 49.4 Å². The Morgan fingerprint density at radius 1 is 1.17 bits per heavy atom. The van der Waals surface area contributed by atoms with E-state index in [2.05, 4.69) is 6.92 Å².